The molecular weight excluding hydrogens is 122 g/mol. The van der Waals surface area contributed by atoms with Gasteiger partial charge in [0.1, 0.15) is 0 Å². The van der Waals surface area contributed by atoms with Crippen molar-refractivity contribution in [3.05, 3.63) is 0 Å². The van der Waals surface area contributed by atoms with E-state index in [1.54, 1.807) is 0 Å². The lowest BCUT2D eigenvalue weighted by Gasteiger charge is -2.15. The van der Waals surface area contributed by atoms with Gasteiger partial charge in [-0.3, -0.25) is 0 Å². The van der Waals surface area contributed by atoms with Crippen molar-refractivity contribution >= 4 is 0 Å². The summed E-state index contributed by atoms with van der Waals surface area (Å²) in [6, 6.07) is 2.25. The zero-order valence-corrected chi connectivity index (χ0v) is 6.85. The van der Waals surface area contributed by atoms with E-state index in [9.17, 15) is 0 Å². The molecule has 0 aliphatic heterocycles. The maximum absolute atomic E-state index is 8.45. The number of rotatable bonds is 1. The first-order chi connectivity index (χ1) is 4.64. The maximum atomic E-state index is 8.45. The summed E-state index contributed by atoms with van der Waals surface area (Å²) in [5.74, 6) is 0.694. The molecule has 0 bridgehead atoms. The highest BCUT2D eigenvalue weighted by molar-refractivity contribution is 4.87. The van der Waals surface area contributed by atoms with Crippen LogP contribution in [0.3, 0.4) is 0 Å². The molecule has 0 saturated heterocycles. The van der Waals surface area contributed by atoms with Crippen LogP contribution >= 0.6 is 0 Å². The molecule has 0 aromatic heterocycles. The Hall–Kier alpha value is -0.510. The highest BCUT2D eigenvalue weighted by Gasteiger charge is 2.30. The predicted molar refractivity (Wildman–Crippen MR) is 41.4 cm³/mol. The number of nitriles is 1. The molecule has 0 aromatic rings. The number of nitrogens with zero attached hydrogens (tertiary/aromatic N) is 1. The lowest BCUT2D eigenvalue weighted by Crippen LogP contribution is -2.04. The highest BCUT2D eigenvalue weighted by atomic mass is 14.4. The molecule has 0 aromatic carbocycles. The van der Waals surface area contributed by atoms with Crippen molar-refractivity contribution < 1.29 is 0 Å². The van der Waals surface area contributed by atoms with E-state index in [1.807, 2.05) is 0 Å². The van der Waals surface area contributed by atoms with Crippen LogP contribution in [-0.2, 0) is 0 Å². The topological polar surface area (TPSA) is 23.8 Å². The van der Waals surface area contributed by atoms with Crippen LogP contribution in [0.5, 0.6) is 0 Å². The SMILES string of the molecule is CC1(C)CCC(CC#N)C1. The summed E-state index contributed by atoms with van der Waals surface area (Å²) in [6.45, 7) is 4.59. The van der Waals surface area contributed by atoms with Gasteiger partial charge in [-0.05, 0) is 30.6 Å². The van der Waals surface area contributed by atoms with Gasteiger partial charge < -0.3 is 0 Å². The third kappa shape index (κ3) is 1.73. The minimum atomic E-state index is 0.515. The molecule has 0 amide bonds. The second-order valence-electron chi connectivity index (χ2n) is 4.14. The van der Waals surface area contributed by atoms with E-state index >= 15 is 0 Å². The van der Waals surface area contributed by atoms with Crippen molar-refractivity contribution in [3.8, 4) is 6.07 Å². The van der Waals surface area contributed by atoms with Crippen LogP contribution in [-0.4, -0.2) is 0 Å². The van der Waals surface area contributed by atoms with E-state index in [0.717, 1.165) is 6.42 Å². The summed E-state index contributed by atoms with van der Waals surface area (Å²) in [4.78, 5) is 0. The van der Waals surface area contributed by atoms with Gasteiger partial charge in [0.15, 0.2) is 0 Å². The van der Waals surface area contributed by atoms with Gasteiger partial charge in [-0.15, -0.1) is 0 Å². The van der Waals surface area contributed by atoms with E-state index in [1.165, 1.54) is 19.3 Å². The zero-order chi connectivity index (χ0) is 7.61. The molecule has 1 aliphatic carbocycles. The lowest BCUT2D eigenvalue weighted by molar-refractivity contribution is 0.362. The van der Waals surface area contributed by atoms with Crippen LogP contribution in [0.25, 0.3) is 0 Å². The first kappa shape index (κ1) is 7.60. The largest absolute Gasteiger partial charge is 0.198 e. The standard InChI is InChI=1S/C9H15N/c1-9(2)5-3-8(7-9)4-6-10/h8H,3-5,7H2,1-2H3. The fourth-order valence-electron chi connectivity index (χ4n) is 1.88. The second kappa shape index (κ2) is 2.62. The average Bonchev–Trinajstić information content (AvgIpc) is 2.12. The van der Waals surface area contributed by atoms with E-state index in [-0.39, 0.29) is 0 Å². The number of hydrogen-bond acceptors (Lipinski definition) is 1. The molecule has 1 fully saturated rings. The molecule has 0 N–H and O–H groups in total. The molecule has 10 heavy (non-hydrogen) atoms. The minimum Gasteiger partial charge on any atom is -0.198 e. The van der Waals surface area contributed by atoms with Gasteiger partial charge in [-0.1, -0.05) is 13.8 Å². The average molecular weight is 137 g/mol. The van der Waals surface area contributed by atoms with Gasteiger partial charge in [0.2, 0.25) is 0 Å². The van der Waals surface area contributed by atoms with Crippen molar-refractivity contribution in [2.45, 2.75) is 39.5 Å². The van der Waals surface area contributed by atoms with E-state index < -0.39 is 0 Å². The Morgan fingerprint density at radius 1 is 1.60 bits per heavy atom. The van der Waals surface area contributed by atoms with Gasteiger partial charge in [-0.25, -0.2) is 0 Å². The van der Waals surface area contributed by atoms with E-state index in [2.05, 4.69) is 19.9 Å². The molecule has 1 heteroatoms. The molecule has 56 valence electrons. The fraction of sp³-hybridized carbons (Fsp3) is 0.889. The normalized spacial score (nSPS) is 29.9. The Morgan fingerprint density at radius 3 is 2.70 bits per heavy atom. The van der Waals surface area contributed by atoms with Crippen LogP contribution in [0.2, 0.25) is 0 Å². The molecule has 1 aliphatic rings. The maximum Gasteiger partial charge on any atom is 0.0624 e. The van der Waals surface area contributed by atoms with E-state index in [0.29, 0.717) is 11.3 Å². The van der Waals surface area contributed by atoms with Gasteiger partial charge in [0.25, 0.3) is 0 Å². The van der Waals surface area contributed by atoms with Crippen molar-refractivity contribution in [2.75, 3.05) is 0 Å². The van der Waals surface area contributed by atoms with Crippen LogP contribution in [0.15, 0.2) is 0 Å². The van der Waals surface area contributed by atoms with Crippen molar-refractivity contribution in [1.82, 2.24) is 0 Å². The van der Waals surface area contributed by atoms with Crippen molar-refractivity contribution in [2.24, 2.45) is 11.3 Å². The first-order valence-electron chi connectivity index (χ1n) is 4.01. The van der Waals surface area contributed by atoms with Crippen LogP contribution in [0, 0.1) is 22.7 Å². The van der Waals surface area contributed by atoms with Gasteiger partial charge in [-0.2, -0.15) is 5.26 Å². The Morgan fingerprint density at radius 2 is 2.30 bits per heavy atom. The minimum absolute atomic E-state index is 0.515. The highest BCUT2D eigenvalue weighted by Crippen LogP contribution is 2.41. The van der Waals surface area contributed by atoms with E-state index in [4.69, 9.17) is 5.26 Å². The summed E-state index contributed by atoms with van der Waals surface area (Å²) >= 11 is 0. The summed E-state index contributed by atoms with van der Waals surface area (Å²) in [6.07, 6.45) is 4.59. The van der Waals surface area contributed by atoms with Crippen LogP contribution < -0.4 is 0 Å². The quantitative estimate of drug-likeness (QED) is 0.545. The Labute approximate surface area is 63.0 Å². The summed E-state index contributed by atoms with van der Waals surface area (Å²) < 4.78 is 0. The molecule has 1 nitrogen and oxygen atoms in total. The van der Waals surface area contributed by atoms with Gasteiger partial charge >= 0.3 is 0 Å². The molecule has 1 rings (SSSR count). The smallest absolute Gasteiger partial charge is 0.0624 e. The number of hydrogen-bond donors (Lipinski definition) is 0. The second-order valence-corrected chi connectivity index (χ2v) is 4.14. The fourth-order valence-corrected chi connectivity index (χ4v) is 1.88. The summed E-state index contributed by atoms with van der Waals surface area (Å²) in [5.41, 5.74) is 0.515. The molecule has 1 unspecified atom stereocenters. The first-order valence-corrected chi connectivity index (χ1v) is 4.01. The molecule has 0 radical (unpaired) electrons. The van der Waals surface area contributed by atoms with Gasteiger partial charge in [0, 0.05) is 6.42 Å². The molecule has 0 heterocycles. The lowest BCUT2D eigenvalue weighted by atomic mass is 9.90. The molecule has 1 atom stereocenters. The zero-order valence-electron chi connectivity index (χ0n) is 6.85. The summed E-state index contributed by atoms with van der Waals surface area (Å²) in [7, 11) is 0. The Balaban J connectivity index is 2.38. The van der Waals surface area contributed by atoms with Crippen LogP contribution in [0.4, 0.5) is 0 Å². The predicted octanol–water partition coefficient (Wildman–Crippen LogP) is 2.73. The van der Waals surface area contributed by atoms with Gasteiger partial charge in [0.05, 0.1) is 6.07 Å². The monoisotopic (exact) mass is 137 g/mol. The third-order valence-electron chi connectivity index (χ3n) is 2.45. The molecular formula is C9H15N. The Bertz CT molecular complexity index is 153. The third-order valence-corrected chi connectivity index (χ3v) is 2.45. The van der Waals surface area contributed by atoms with Crippen molar-refractivity contribution in [1.29, 1.82) is 5.26 Å². The Kier molecular flexibility index (Phi) is 1.99. The molecule has 1 saturated carbocycles. The summed E-state index contributed by atoms with van der Waals surface area (Å²) in [5, 5.41) is 8.45. The van der Waals surface area contributed by atoms with Crippen LogP contribution in [0.1, 0.15) is 39.5 Å². The molecule has 0 spiro atoms. The van der Waals surface area contributed by atoms with Crippen molar-refractivity contribution in [3.63, 3.8) is 0 Å².